The number of carbonyl (C=O) groups excluding carboxylic acids is 1. The summed E-state index contributed by atoms with van der Waals surface area (Å²) in [7, 11) is 0. The van der Waals surface area contributed by atoms with Gasteiger partial charge in [0.25, 0.3) is 0 Å². The van der Waals surface area contributed by atoms with E-state index in [1.807, 2.05) is 0 Å². The van der Waals surface area contributed by atoms with Crippen LogP contribution in [0, 0.1) is 29.6 Å². The van der Waals surface area contributed by atoms with Crippen molar-refractivity contribution in [3.05, 3.63) is 0 Å². The van der Waals surface area contributed by atoms with Crippen LogP contribution in [0.3, 0.4) is 0 Å². The normalized spacial score (nSPS) is 41.6. The number of hydrogen-bond acceptors (Lipinski definition) is 2. The standard InChI is InChI=1S/C18H30N2O/c21-18(17-15-12-7-8-13(11-12)16(15)17)20-10-9-19-14-5-3-1-2-4-6-14/h12-17,19H,1-11H2,(H,20,21). The van der Waals surface area contributed by atoms with Crippen molar-refractivity contribution in [2.75, 3.05) is 13.1 Å². The Labute approximate surface area is 128 Å². The fourth-order valence-electron chi connectivity index (χ4n) is 5.74. The second-order valence-electron chi connectivity index (χ2n) is 7.95. The minimum absolute atomic E-state index is 0.365. The molecule has 0 heterocycles. The first-order valence-electron chi connectivity index (χ1n) is 9.35. The largest absolute Gasteiger partial charge is 0.355 e. The summed E-state index contributed by atoms with van der Waals surface area (Å²) >= 11 is 0. The highest BCUT2D eigenvalue weighted by molar-refractivity contribution is 5.82. The van der Waals surface area contributed by atoms with E-state index in [2.05, 4.69) is 10.6 Å². The van der Waals surface area contributed by atoms with Crippen molar-refractivity contribution in [2.24, 2.45) is 29.6 Å². The third-order valence-electron chi connectivity index (χ3n) is 6.75. The van der Waals surface area contributed by atoms with E-state index >= 15 is 0 Å². The molecule has 3 nitrogen and oxygen atoms in total. The van der Waals surface area contributed by atoms with Crippen LogP contribution in [-0.2, 0) is 4.79 Å². The number of nitrogens with one attached hydrogen (secondary N) is 2. The van der Waals surface area contributed by atoms with E-state index in [4.69, 9.17) is 0 Å². The molecule has 0 radical (unpaired) electrons. The van der Waals surface area contributed by atoms with Crippen LogP contribution >= 0.6 is 0 Å². The highest BCUT2D eigenvalue weighted by Gasteiger charge is 2.67. The first-order chi connectivity index (χ1) is 10.3. The SMILES string of the molecule is O=C(NCCNC1CCCCCC1)C1C2C3CCC(C3)C12. The summed E-state index contributed by atoms with van der Waals surface area (Å²) in [6.07, 6.45) is 12.4. The van der Waals surface area contributed by atoms with Crippen LogP contribution in [-0.4, -0.2) is 25.0 Å². The van der Waals surface area contributed by atoms with Gasteiger partial charge in [-0.15, -0.1) is 0 Å². The van der Waals surface area contributed by atoms with Crippen LogP contribution in [0.1, 0.15) is 57.8 Å². The van der Waals surface area contributed by atoms with Gasteiger partial charge in [-0.3, -0.25) is 4.79 Å². The predicted octanol–water partition coefficient (Wildman–Crippen LogP) is 2.71. The molecule has 2 N–H and O–H groups in total. The van der Waals surface area contributed by atoms with Gasteiger partial charge in [-0.1, -0.05) is 25.7 Å². The van der Waals surface area contributed by atoms with Crippen molar-refractivity contribution in [3.63, 3.8) is 0 Å². The molecule has 4 atom stereocenters. The maximum Gasteiger partial charge on any atom is 0.223 e. The second kappa shape index (κ2) is 5.91. The Kier molecular flexibility index (Phi) is 3.95. The van der Waals surface area contributed by atoms with E-state index in [-0.39, 0.29) is 0 Å². The number of carbonyl (C=O) groups is 1. The maximum atomic E-state index is 12.3. The lowest BCUT2D eigenvalue weighted by Crippen LogP contribution is -2.38. The van der Waals surface area contributed by atoms with Crippen LogP contribution in [0.15, 0.2) is 0 Å². The van der Waals surface area contributed by atoms with E-state index < -0.39 is 0 Å². The molecule has 4 aliphatic rings. The van der Waals surface area contributed by atoms with Gasteiger partial charge < -0.3 is 10.6 Å². The third kappa shape index (κ3) is 2.74. The molecule has 2 bridgehead atoms. The summed E-state index contributed by atoms with van der Waals surface area (Å²) in [6, 6.07) is 0.695. The van der Waals surface area contributed by atoms with E-state index in [0.29, 0.717) is 17.9 Å². The van der Waals surface area contributed by atoms with Gasteiger partial charge in [0.05, 0.1) is 0 Å². The van der Waals surface area contributed by atoms with Crippen molar-refractivity contribution in [3.8, 4) is 0 Å². The molecule has 4 aliphatic carbocycles. The van der Waals surface area contributed by atoms with Crippen molar-refractivity contribution >= 4 is 5.91 Å². The molecule has 0 spiro atoms. The van der Waals surface area contributed by atoms with Gasteiger partial charge in [0, 0.05) is 25.0 Å². The number of fused-ring (bicyclic) bond motifs is 5. The molecule has 4 unspecified atom stereocenters. The van der Waals surface area contributed by atoms with Gasteiger partial charge in [0.15, 0.2) is 0 Å². The molecule has 0 aliphatic heterocycles. The van der Waals surface area contributed by atoms with Crippen molar-refractivity contribution in [2.45, 2.75) is 63.8 Å². The average molecular weight is 290 g/mol. The van der Waals surface area contributed by atoms with E-state index in [0.717, 1.165) is 36.8 Å². The first-order valence-corrected chi connectivity index (χ1v) is 9.35. The Morgan fingerprint density at radius 3 is 2.19 bits per heavy atom. The highest BCUT2D eigenvalue weighted by atomic mass is 16.2. The van der Waals surface area contributed by atoms with Crippen molar-refractivity contribution < 1.29 is 4.79 Å². The molecule has 4 fully saturated rings. The summed E-state index contributed by atoms with van der Waals surface area (Å²) in [5.41, 5.74) is 0. The average Bonchev–Trinajstić information content (AvgIpc) is 3.07. The minimum atomic E-state index is 0.365. The van der Waals surface area contributed by atoms with E-state index in [1.165, 1.54) is 57.8 Å². The maximum absolute atomic E-state index is 12.3. The zero-order chi connectivity index (χ0) is 14.2. The summed E-state index contributed by atoms with van der Waals surface area (Å²) in [5, 5.41) is 6.84. The molecule has 4 rings (SSSR count). The summed E-state index contributed by atoms with van der Waals surface area (Å²) in [4.78, 5) is 12.3. The zero-order valence-electron chi connectivity index (χ0n) is 13.2. The van der Waals surface area contributed by atoms with Crippen LogP contribution in [0.25, 0.3) is 0 Å². The Morgan fingerprint density at radius 1 is 0.857 bits per heavy atom. The van der Waals surface area contributed by atoms with Crippen LogP contribution < -0.4 is 10.6 Å². The smallest absolute Gasteiger partial charge is 0.223 e. The molecule has 0 saturated heterocycles. The van der Waals surface area contributed by atoms with Gasteiger partial charge in [-0.2, -0.15) is 0 Å². The quantitative estimate of drug-likeness (QED) is 0.604. The van der Waals surface area contributed by atoms with Gasteiger partial charge in [0.1, 0.15) is 0 Å². The molecular weight excluding hydrogens is 260 g/mol. The monoisotopic (exact) mass is 290 g/mol. The summed E-state index contributed by atoms with van der Waals surface area (Å²) in [6.45, 7) is 1.77. The molecular formula is C18H30N2O. The number of amides is 1. The number of hydrogen-bond donors (Lipinski definition) is 2. The minimum Gasteiger partial charge on any atom is -0.355 e. The third-order valence-corrected chi connectivity index (χ3v) is 6.75. The summed E-state index contributed by atoms with van der Waals surface area (Å²) < 4.78 is 0. The zero-order valence-corrected chi connectivity index (χ0v) is 13.2. The lowest BCUT2D eigenvalue weighted by Gasteiger charge is -2.16. The fraction of sp³-hybridized carbons (Fsp3) is 0.944. The van der Waals surface area contributed by atoms with Crippen LogP contribution in [0.2, 0.25) is 0 Å². The Hall–Kier alpha value is -0.570. The second-order valence-corrected chi connectivity index (χ2v) is 7.95. The fourth-order valence-corrected chi connectivity index (χ4v) is 5.74. The van der Waals surface area contributed by atoms with Gasteiger partial charge in [0.2, 0.25) is 5.91 Å². The van der Waals surface area contributed by atoms with Crippen molar-refractivity contribution in [1.29, 1.82) is 0 Å². The summed E-state index contributed by atoms with van der Waals surface area (Å²) in [5.74, 6) is 4.12. The van der Waals surface area contributed by atoms with Crippen LogP contribution in [0.4, 0.5) is 0 Å². The molecule has 0 aromatic carbocycles. The molecule has 0 aromatic heterocycles. The molecule has 1 amide bonds. The van der Waals surface area contributed by atoms with Crippen LogP contribution in [0.5, 0.6) is 0 Å². The predicted molar refractivity (Wildman–Crippen MR) is 83.8 cm³/mol. The molecule has 4 saturated carbocycles. The lowest BCUT2D eigenvalue weighted by atomic mass is 10.0. The highest BCUT2D eigenvalue weighted by Crippen LogP contribution is 2.69. The van der Waals surface area contributed by atoms with E-state index in [9.17, 15) is 4.79 Å². The Balaban J connectivity index is 1.14. The Morgan fingerprint density at radius 2 is 1.52 bits per heavy atom. The van der Waals surface area contributed by atoms with Crippen molar-refractivity contribution in [1.82, 2.24) is 10.6 Å². The number of rotatable bonds is 5. The molecule has 118 valence electrons. The molecule has 21 heavy (non-hydrogen) atoms. The lowest BCUT2D eigenvalue weighted by molar-refractivity contribution is -0.123. The van der Waals surface area contributed by atoms with E-state index in [1.54, 1.807) is 0 Å². The van der Waals surface area contributed by atoms with Gasteiger partial charge in [-0.05, 0) is 55.8 Å². The first kappa shape index (κ1) is 14.0. The topological polar surface area (TPSA) is 41.1 Å². The Bertz CT molecular complexity index is 373. The van der Waals surface area contributed by atoms with Gasteiger partial charge >= 0.3 is 0 Å². The van der Waals surface area contributed by atoms with Gasteiger partial charge in [-0.25, -0.2) is 0 Å². The molecule has 3 heteroatoms. The molecule has 0 aromatic rings.